The van der Waals surface area contributed by atoms with Crippen molar-refractivity contribution in [2.24, 2.45) is 0 Å². The molecule has 0 bridgehead atoms. The van der Waals surface area contributed by atoms with Crippen LogP contribution in [0, 0.1) is 0 Å². The van der Waals surface area contributed by atoms with E-state index in [-0.39, 0.29) is 24.2 Å². The Labute approximate surface area is 177 Å². The van der Waals surface area contributed by atoms with Crippen LogP contribution in [0.4, 0.5) is 5.69 Å². The molecule has 0 heterocycles. The Morgan fingerprint density at radius 3 is 2.10 bits per heavy atom. The first-order chi connectivity index (χ1) is 14.1. The molecule has 0 aromatic heterocycles. The molecule has 2 aromatic carbocycles. The largest absolute Gasteiger partial charge is 0.493 e. The van der Waals surface area contributed by atoms with E-state index in [1.54, 1.807) is 24.3 Å². The number of Topliss-reactive ketones (excluding diaryl/α,β-unsaturated/α-hetero) is 1. The predicted octanol–water partition coefficient (Wildman–Crippen LogP) is 4.53. The fourth-order valence-corrected chi connectivity index (χ4v) is 2.65. The Balaban J connectivity index is 1.75. The van der Waals surface area contributed by atoms with Gasteiger partial charge in [0.05, 0.1) is 13.0 Å². The van der Waals surface area contributed by atoms with Crippen LogP contribution < -0.4 is 10.1 Å². The number of ketones is 1. The molecule has 0 spiro atoms. The van der Waals surface area contributed by atoms with Crippen LogP contribution in [-0.4, -0.2) is 30.4 Å². The minimum absolute atomic E-state index is 0.0337. The van der Waals surface area contributed by atoms with Crippen molar-refractivity contribution in [2.75, 3.05) is 11.9 Å². The van der Waals surface area contributed by atoms with E-state index < -0.39 is 18.0 Å². The number of carbonyl (C=O) groups is 3. The fraction of sp³-hybridized carbons (Fsp3) is 0.375. The lowest BCUT2D eigenvalue weighted by Gasteiger charge is -2.19. The number of nitrogens with one attached hydrogen (secondary N) is 1. The molecule has 0 aliphatic heterocycles. The SMILES string of the molecule is CC(=O)c1ccc(NC(=O)[C@H](C)OC(=O)CCOc2ccc(C(C)(C)C)cc2)cc1. The highest BCUT2D eigenvalue weighted by Crippen LogP contribution is 2.24. The van der Waals surface area contributed by atoms with E-state index >= 15 is 0 Å². The van der Waals surface area contributed by atoms with Crippen LogP contribution in [-0.2, 0) is 19.7 Å². The molecule has 6 heteroatoms. The standard InChI is InChI=1S/C24H29NO5/c1-16(26)18-6-10-20(11-7-18)25-23(28)17(2)30-22(27)14-15-29-21-12-8-19(9-13-21)24(3,4)5/h6-13,17H,14-15H2,1-5H3,(H,25,28)/t17-/m0/s1. The summed E-state index contributed by atoms with van der Waals surface area (Å²) in [7, 11) is 0. The van der Waals surface area contributed by atoms with Crippen molar-refractivity contribution in [3.8, 4) is 5.75 Å². The van der Waals surface area contributed by atoms with Crippen LogP contribution in [0.5, 0.6) is 5.75 Å². The second-order valence-electron chi connectivity index (χ2n) is 8.13. The molecule has 0 aliphatic rings. The Hall–Kier alpha value is -3.15. The summed E-state index contributed by atoms with van der Waals surface area (Å²) < 4.78 is 10.7. The minimum Gasteiger partial charge on any atom is -0.493 e. The van der Waals surface area contributed by atoms with E-state index in [1.165, 1.54) is 19.4 Å². The first-order valence-corrected chi connectivity index (χ1v) is 9.91. The number of benzene rings is 2. The van der Waals surface area contributed by atoms with Crippen molar-refractivity contribution in [2.45, 2.75) is 52.6 Å². The van der Waals surface area contributed by atoms with Crippen molar-refractivity contribution in [1.29, 1.82) is 0 Å². The third-order valence-corrected chi connectivity index (χ3v) is 4.53. The maximum Gasteiger partial charge on any atom is 0.310 e. The van der Waals surface area contributed by atoms with Gasteiger partial charge in [-0.1, -0.05) is 32.9 Å². The van der Waals surface area contributed by atoms with Gasteiger partial charge < -0.3 is 14.8 Å². The van der Waals surface area contributed by atoms with Crippen LogP contribution in [0.1, 0.15) is 57.0 Å². The summed E-state index contributed by atoms with van der Waals surface area (Å²) in [4.78, 5) is 35.5. The molecule has 2 rings (SSSR count). The zero-order valence-electron chi connectivity index (χ0n) is 18.2. The number of esters is 1. The summed E-state index contributed by atoms with van der Waals surface area (Å²) in [5.41, 5.74) is 2.34. The molecule has 0 radical (unpaired) electrons. The maximum absolute atomic E-state index is 12.2. The Morgan fingerprint density at radius 2 is 1.57 bits per heavy atom. The van der Waals surface area contributed by atoms with Crippen LogP contribution in [0.3, 0.4) is 0 Å². The fourth-order valence-electron chi connectivity index (χ4n) is 2.65. The molecule has 2 aromatic rings. The number of hydrogen-bond donors (Lipinski definition) is 1. The molecule has 0 saturated heterocycles. The molecule has 0 saturated carbocycles. The van der Waals surface area contributed by atoms with Gasteiger partial charge in [-0.05, 0) is 61.2 Å². The highest BCUT2D eigenvalue weighted by molar-refractivity contribution is 5.97. The average molecular weight is 411 g/mol. The lowest BCUT2D eigenvalue weighted by molar-refractivity contribution is -0.153. The first-order valence-electron chi connectivity index (χ1n) is 9.91. The van der Waals surface area contributed by atoms with E-state index in [0.717, 1.165) is 0 Å². The number of amides is 1. The van der Waals surface area contributed by atoms with Crippen molar-refractivity contribution in [3.63, 3.8) is 0 Å². The number of anilines is 1. The van der Waals surface area contributed by atoms with Gasteiger partial charge in [0.2, 0.25) is 0 Å². The van der Waals surface area contributed by atoms with E-state index in [2.05, 4.69) is 26.1 Å². The topological polar surface area (TPSA) is 81.7 Å². The molecule has 0 unspecified atom stereocenters. The molecule has 1 amide bonds. The lowest BCUT2D eigenvalue weighted by Crippen LogP contribution is -2.30. The Bertz CT molecular complexity index is 879. The van der Waals surface area contributed by atoms with Gasteiger partial charge in [-0.3, -0.25) is 14.4 Å². The van der Waals surface area contributed by atoms with Gasteiger partial charge in [0.25, 0.3) is 5.91 Å². The highest BCUT2D eigenvalue weighted by atomic mass is 16.5. The third-order valence-electron chi connectivity index (χ3n) is 4.53. The van der Waals surface area contributed by atoms with E-state index in [0.29, 0.717) is 17.0 Å². The number of carbonyl (C=O) groups excluding carboxylic acids is 3. The molecule has 1 atom stereocenters. The Kier molecular flexibility index (Phi) is 7.75. The molecule has 0 aliphatic carbocycles. The molecular formula is C24H29NO5. The molecule has 30 heavy (non-hydrogen) atoms. The van der Waals surface area contributed by atoms with E-state index in [1.807, 2.05) is 24.3 Å². The van der Waals surface area contributed by atoms with Gasteiger partial charge in [0.1, 0.15) is 5.75 Å². The van der Waals surface area contributed by atoms with Gasteiger partial charge in [-0.15, -0.1) is 0 Å². The highest BCUT2D eigenvalue weighted by Gasteiger charge is 2.18. The van der Waals surface area contributed by atoms with Crippen LogP contribution in [0.15, 0.2) is 48.5 Å². The quantitative estimate of drug-likeness (QED) is 0.510. The van der Waals surface area contributed by atoms with Gasteiger partial charge in [0, 0.05) is 11.3 Å². The molecule has 1 N–H and O–H groups in total. The van der Waals surface area contributed by atoms with Crippen molar-refractivity contribution in [1.82, 2.24) is 0 Å². The van der Waals surface area contributed by atoms with Crippen molar-refractivity contribution < 1.29 is 23.9 Å². The lowest BCUT2D eigenvalue weighted by atomic mass is 9.87. The first kappa shape index (κ1) is 23.1. The summed E-state index contributed by atoms with van der Waals surface area (Å²) in [5, 5.41) is 2.65. The van der Waals surface area contributed by atoms with Gasteiger partial charge >= 0.3 is 5.97 Å². The summed E-state index contributed by atoms with van der Waals surface area (Å²) in [6, 6.07) is 14.3. The summed E-state index contributed by atoms with van der Waals surface area (Å²) >= 11 is 0. The minimum atomic E-state index is -0.948. The number of ether oxygens (including phenoxy) is 2. The van der Waals surface area contributed by atoms with Crippen LogP contribution in [0.2, 0.25) is 0 Å². The zero-order valence-corrected chi connectivity index (χ0v) is 18.2. The smallest absolute Gasteiger partial charge is 0.310 e. The normalized spacial score (nSPS) is 12.0. The number of hydrogen-bond acceptors (Lipinski definition) is 5. The van der Waals surface area contributed by atoms with E-state index in [4.69, 9.17) is 9.47 Å². The molecule has 6 nitrogen and oxygen atoms in total. The van der Waals surface area contributed by atoms with Crippen molar-refractivity contribution in [3.05, 3.63) is 59.7 Å². The van der Waals surface area contributed by atoms with Gasteiger partial charge in [0.15, 0.2) is 11.9 Å². The summed E-state index contributed by atoms with van der Waals surface area (Å²) in [5.74, 6) is -0.341. The Morgan fingerprint density at radius 1 is 0.967 bits per heavy atom. The van der Waals surface area contributed by atoms with Crippen LogP contribution >= 0.6 is 0 Å². The summed E-state index contributed by atoms with van der Waals surface area (Å²) in [6.45, 7) is 9.55. The van der Waals surface area contributed by atoms with Gasteiger partial charge in [-0.2, -0.15) is 0 Å². The van der Waals surface area contributed by atoms with Crippen LogP contribution in [0.25, 0.3) is 0 Å². The predicted molar refractivity (Wildman–Crippen MR) is 116 cm³/mol. The monoisotopic (exact) mass is 411 g/mol. The third kappa shape index (κ3) is 7.03. The summed E-state index contributed by atoms with van der Waals surface area (Å²) in [6.07, 6.45) is -0.914. The second kappa shape index (κ2) is 10.1. The number of rotatable bonds is 8. The van der Waals surface area contributed by atoms with Gasteiger partial charge in [-0.25, -0.2) is 0 Å². The molecular weight excluding hydrogens is 382 g/mol. The van der Waals surface area contributed by atoms with E-state index in [9.17, 15) is 14.4 Å². The zero-order chi connectivity index (χ0) is 22.3. The average Bonchev–Trinajstić information content (AvgIpc) is 2.68. The second-order valence-corrected chi connectivity index (χ2v) is 8.13. The molecule has 160 valence electrons. The molecule has 0 fully saturated rings. The van der Waals surface area contributed by atoms with Crippen molar-refractivity contribution >= 4 is 23.3 Å². The maximum atomic E-state index is 12.2.